The number of hydrogen-bond donors (Lipinski definition) is 1. The zero-order valence-corrected chi connectivity index (χ0v) is 8.40. The maximum atomic E-state index is 12.5. The molecule has 0 amide bonds. The number of likely N-dealkylation sites (tertiary alicyclic amines) is 1. The van der Waals surface area contributed by atoms with Gasteiger partial charge in [-0.1, -0.05) is 13.3 Å². The molecule has 1 fully saturated rings. The molecule has 5 heteroatoms. The third-order valence-electron chi connectivity index (χ3n) is 2.58. The Kier molecular flexibility index (Phi) is 4.19. The summed E-state index contributed by atoms with van der Waals surface area (Å²) in [5, 5.41) is 2.98. The Hall–Kier alpha value is -0.290. The van der Waals surface area contributed by atoms with Gasteiger partial charge in [0.05, 0.1) is 0 Å². The lowest BCUT2D eigenvalue weighted by molar-refractivity contribution is -0.263. The van der Waals surface area contributed by atoms with Gasteiger partial charge in [-0.3, -0.25) is 0 Å². The number of hydrogen-bond acceptors (Lipinski definition) is 2. The van der Waals surface area contributed by atoms with Gasteiger partial charge in [0.2, 0.25) is 0 Å². The van der Waals surface area contributed by atoms with Crippen molar-refractivity contribution in [3.63, 3.8) is 0 Å². The van der Waals surface area contributed by atoms with E-state index >= 15 is 0 Å². The highest BCUT2D eigenvalue weighted by Crippen LogP contribution is 2.29. The van der Waals surface area contributed by atoms with E-state index in [0.29, 0.717) is 24.3 Å². The van der Waals surface area contributed by atoms with Gasteiger partial charge in [0.25, 0.3) is 0 Å². The van der Waals surface area contributed by atoms with Crippen LogP contribution >= 0.6 is 0 Å². The number of rotatable bonds is 3. The second-order valence-corrected chi connectivity index (χ2v) is 3.62. The molecule has 0 saturated carbocycles. The van der Waals surface area contributed by atoms with E-state index in [9.17, 15) is 13.2 Å². The zero-order chi connectivity index (χ0) is 10.6. The van der Waals surface area contributed by atoms with Gasteiger partial charge < -0.3 is 5.32 Å². The molecular formula is C9H17F3N2. The fraction of sp³-hybridized carbons (Fsp3) is 1.00. The van der Waals surface area contributed by atoms with Gasteiger partial charge >= 0.3 is 6.30 Å². The van der Waals surface area contributed by atoms with Crippen LogP contribution in [0.2, 0.25) is 0 Å². The minimum absolute atomic E-state index is 0.152. The highest BCUT2D eigenvalue weighted by Gasteiger charge is 2.42. The van der Waals surface area contributed by atoms with Crippen molar-refractivity contribution in [3.8, 4) is 0 Å². The maximum absolute atomic E-state index is 12.5. The number of nitrogens with one attached hydrogen (secondary N) is 1. The average molecular weight is 210 g/mol. The third kappa shape index (κ3) is 3.13. The molecule has 1 atom stereocenters. The summed E-state index contributed by atoms with van der Waals surface area (Å²) in [6.07, 6.45) is -1.96. The minimum Gasteiger partial charge on any atom is -0.315 e. The first-order chi connectivity index (χ1) is 6.55. The monoisotopic (exact) mass is 210 g/mol. The molecule has 1 aliphatic heterocycles. The standard InChI is InChI=1S/C9H17F3N2/c1-2-13-7-8-5-3-4-6-14(8)9(10,11)12/h8,13H,2-7H2,1H3/t8-/m1/s1. The summed E-state index contributed by atoms with van der Waals surface area (Å²) < 4.78 is 37.6. The molecule has 0 bridgehead atoms. The van der Waals surface area contributed by atoms with E-state index in [1.807, 2.05) is 6.92 Å². The van der Waals surface area contributed by atoms with Crippen molar-refractivity contribution < 1.29 is 13.2 Å². The summed E-state index contributed by atoms with van der Waals surface area (Å²) in [5.74, 6) is 0. The predicted octanol–water partition coefficient (Wildman–Crippen LogP) is 1.97. The summed E-state index contributed by atoms with van der Waals surface area (Å²) in [7, 11) is 0. The third-order valence-corrected chi connectivity index (χ3v) is 2.58. The molecule has 0 aliphatic carbocycles. The molecule has 1 rings (SSSR count). The second-order valence-electron chi connectivity index (χ2n) is 3.62. The molecule has 0 aromatic heterocycles. The SMILES string of the molecule is CCNC[C@H]1CCCCN1C(F)(F)F. The van der Waals surface area contributed by atoms with Gasteiger partial charge in [0.1, 0.15) is 0 Å². The molecule has 2 nitrogen and oxygen atoms in total. The first kappa shape index (κ1) is 11.8. The van der Waals surface area contributed by atoms with Crippen LogP contribution in [0.3, 0.4) is 0 Å². The van der Waals surface area contributed by atoms with Crippen LogP contribution in [0.5, 0.6) is 0 Å². The van der Waals surface area contributed by atoms with Crippen LogP contribution in [0.25, 0.3) is 0 Å². The lowest BCUT2D eigenvalue weighted by atomic mass is 10.0. The summed E-state index contributed by atoms with van der Waals surface area (Å²) in [4.78, 5) is 0.666. The summed E-state index contributed by atoms with van der Waals surface area (Å²) in [6.45, 7) is 3.22. The number of likely N-dealkylation sites (N-methyl/N-ethyl adjacent to an activating group) is 1. The van der Waals surface area contributed by atoms with E-state index in [4.69, 9.17) is 0 Å². The van der Waals surface area contributed by atoms with E-state index < -0.39 is 6.30 Å². The van der Waals surface area contributed by atoms with Crippen molar-refractivity contribution in [2.45, 2.75) is 38.5 Å². The molecule has 1 saturated heterocycles. The van der Waals surface area contributed by atoms with E-state index in [0.717, 1.165) is 13.0 Å². The number of piperidine rings is 1. The highest BCUT2D eigenvalue weighted by molar-refractivity contribution is 4.80. The Morgan fingerprint density at radius 2 is 2.07 bits per heavy atom. The van der Waals surface area contributed by atoms with Gasteiger partial charge in [0.15, 0.2) is 0 Å². The normalized spacial score (nSPS) is 25.3. The fourth-order valence-corrected chi connectivity index (χ4v) is 1.86. The van der Waals surface area contributed by atoms with Crippen LogP contribution < -0.4 is 5.32 Å². The first-order valence-corrected chi connectivity index (χ1v) is 5.10. The smallest absolute Gasteiger partial charge is 0.315 e. The van der Waals surface area contributed by atoms with Gasteiger partial charge in [-0.25, -0.2) is 4.90 Å². The first-order valence-electron chi connectivity index (χ1n) is 5.10. The predicted molar refractivity (Wildman–Crippen MR) is 48.9 cm³/mol. The van der Waals surface area contributed by atoms with Crippen molar-refractivity contribution in [1.29, 1.82) is 0 Å². The summed E-state index contributed by atoms with van der Waals surface area (Å²) in [5.41, 5.74) is 0. The maximum Gasteiger partial charge on any atom is 0.460 e. The highest BCUT2D eigenvalue weighted by atomic mass is 19.4. The van der Waals surface area contributed by atoms with Crippen LogP contribution in [-0.4, -0.2) is 36.9 Å². The topological polar surface area (TPSA) is 15.3 Å². The largest absolute Gasteiger partial charge is 0.460 e. The zero-order valence-electron chi connectivity index (χ0n) is 8.40. The molecule has 14 heavy (non-hydrogen) atoms. The van der Waals surface area contributed by atoms with Gasteiger partial charge in [-0.05, 0) is 19.4 Å². The van der Waals surface area contributed by atoms with E-state index in [1.54, 1.807) is 0 Å². The minimum atomic E-state index is -4.17. The van der Waals surface area contributed by atoms with E-state index in [-0.39, 0.29) is 12.6 Å². The van der Waals surface area contributed by atoms with Gasteiger partial charge in [-0.2, -0.15) is 13.2 Å². The van der Waals surface area contributed by atoms with E-state index in [1.165, 1.54) is 0 Å². The molecule has 0 radical (unpaired) electrons. The Labute approximate surface area is 82.5 Å². The molecule has 1 heterocycles. The molecule has 1 aliphatic rings. The van der Waals surface area contributed by atoms with Gasteiger partial charge in [0, 0.05) is 19.1 Å². The molecule has 0 aromatic carbocycles. The lowest BCUT2D eigenvalue weighted by Crippen LogP contribution is -2.52. The van der Waals surface area contributed by atoms with Gasteiger partial charge in [-0.15, -0.1) is 0 Å². The van der Waals surface area contributed by atoms with Crippen molar-refractivity contribution in [2.24, 2.45) is 0 Å². The van der Waals surface area contributed by atoms with Crippen LogP contribution in [0.1, 0.15) is 26.2 Å². The Morgan fingerprint density at radius 3 is 2.64 bits per heavy atom. The Balaban J connectivity index is 2.50. The number of alkyl halides is 3. The van der Waals surface area contributed by atoms with Crippen LogP contribution in [0.4, 0.5) is 13.2 Å². The molecular weight excluding hydrogens is 193 g/mol. The number of nitrogens with zero attached hydrogens (tertiary/aromatic N) is 1. The van der Waals surface area contributed by atoms with Crippen molar-refractivity contribution in [1.82, 2.24) is 10.2 Å². The summed E-state index contributed by atoms with van der Waals surface area (Å²) >= 11 is 0. The van der Waals surface area contributed by atoms with E-state index in [2.05, 4.69) is 5.32 Å². The molecule has 1 N–H and O–H groups in total. The van der Waals surface area contributed by atoms with Crippen LogP contribution in [0.15, 0.2) is 0 Å². The molecule has 0 aromatic rings. The Bertz CT molecular complexity index is 170. The lowest BCUT2D eigenvalue weighted by Gasteiger charge is -2.36. The van der Waals surface area contributed by atoms with Crippen molar-refractivity contribution in [3.05, 3.63) is 0 Å². The fourth-order valence-electron chi connectivity index (χ4n) is 1.86. The van der Waals surface area contributed by atoms with Crippen molar-refractivity contribution >= 4 is 0 Å². The van der Waals surface area contributed by atoms with Crippen LogP contribution in [0, 0.1) is 0 Å². The second kappa shape index (κ2) is 4.98. The summed E-state index contributed by atoms with van der Waals surface area (Å²) in [6, 6.07) is -0.372. The number of halogens is 3. The van der Waals surface area contributed by atoms with Crippen molar-refractivity contribution in [2.75, 3.05) is 19.6 Å². The Morgan fingerprint density at radius 1 is 1.36 bits per heavy atom. The molecule has 84 valence electrons. The quantitative estimate of drug-likeness (QED) is 0.716. The average Bonchev–Trinajstić information content (AvgIpc) is 2.14. The van der Waals surface area contributed by atoms with Crippen LogP contribution in [-0.2, 0) is 0 Å². The molecule has 0 unspecified atom stereocenters. The molecule has 0 spiro atoms.